The lowest BCUT2D eigenvalue weighted by molar-refractivity contribution is 0.218. The van der Waals surface area contributed by atoms with Crippen molar-refractivity contribution in [2.24, 2.45) is 5.92 Å². The van der Waals surface area contributed by atoms with Gasteiger partial charge in [-0.05, 0) is 31.1 Å². The Hall–Kier alpha value is -0.800. The lowest BCUT2D eigenvalue weighted by Gasteiger charge is -2.22. The van der Waals surface area contributed by atoms with Gasteiger partial charge in [0, 0.05) is 6.54 Å². The molecule has 1 aromatic rings. The van der Waals surface area contributed by atoms with E-state index in [4.69, 9.17) is 4.42 Å². The number of hydrogen-bond donors (Lipinski definition) is 1. The summed E-state index contributed by atoms with van der Waals surface area (Å²) in [4.78, 5) is 2.45. The van der Waals surface area contributed by atoms with Crippen LogP contribution in [0.5, 0.6) is 0 Å². The van der Waals surface area contributed by atoms with Crippen LogP contribution in [0.2, 0.25) is 0 Å². The molecule has 1 unspecified atom stereocenters. The van der Waals surface area contributed by atoms with E-state index in [-0.39, 0.29) is 0 Å². The standard InChI is InChI=1S/C15H28N2O/c1-5-13(4)11-17(7-3)12-15-9-8-14(18-15)10-16-6-2/h8-9,13,16H,5-7,10-12H2,1-4H3. The number of hydrogen-bond acceptors (Lipinski definition) is 3. The fourth-order valence-corrected chi connectivity index (χ4v) is 1.95. The maximum absolute atomic E-state index is 5.83. The molecule has 3 heteroatoms. The van der Waals surface area contributed by atoms with Crippen molar-refractivity contribution >= 4 is 0 Å². The molecule has 0 aromatic carbocycles. The second-order valence-electron chi connectivity index (χ2n) is 4.99. The summed E-state index contributed by atoms with van der Waals surface area (Å²) in [6.07, 6.45) is 1.24. The Kier molecular flexibility index (Phi) is 7.06. The quantitative estimate of drug-likeness (QED) is 0.731. The summed E-state index contributed by atoms with van der Waals surface area (Å²) in [6.45, 7) is 13.8. The lowest BCUT2D eigenvalue weighted by atomic mass is 10.1. The summed E-state index contributed by atoms with van der Waals surface area (Å²) in [5, 5.41) is 3.28. The van der Waals surface area contributed by atoms with Crippen molar-refractivity contribution in [2.45, 2.75) is 47.2 Å². The van der Waals surface area contributed by atoms with Crippen LogP contribution < -0.4 is 5.32 Å². The number of rotatable bonds is 9. The molecule has 0 radical (unpaired) electrons. The van der Waals surface area contributed by atoms with Gasteiger partial charge in [-0.1, -0.05) is 34.1 Å². The van der Waals surface area contributed by atoms with E-state index in [0.717, 1.165) is 50.2 Å². The minimum atomic E-state index is 0.751. The van der Waals surface area contributed by atoms with E-state index in [1.165, 1.54) is 6.42 Å². The van der Waals surface area contributed by atoms with Crippen molar-refractivity contribution < 1.29 is 4.42 Å². The zero-order chi connectivity index (χ0) is 13.4. The van der Waals surface area contributed by atoms with Gasteiger partial charge < -0.3 is 9.73 Å². The molecule has 0 aliphatic heterocycles. The maximum atomic E-state index is 5.83. The molecule has 1 rings (SSSR count). The number of nitrogens with zero attached hydrogens (tertiary/aromatic N) is 1. The topological polar surface area (TPSA) is 28.4 Å². The normalized spacial score (nSPS) is 13.2. The van der Waals surface area contributed by atoms with Gasteiger partial charge in [0.25, 0.3) is 0 Å². The van der Waals surface area contributed by atoms with Crippen molar-refractivity contribution in [3.8, 4) is 0 Å². The number of nitrogens with one attached hydrogen (secondary N) is 1. The van der Waals surface area contributed by atoms with Crippen LogP contribution in [-0.4, -0.2) is 24.5 Å². The van der Waals surface area contributed by atoms with E-state index in [0.29, 0.717) is 0 Å². The average Bonchev–Trinajstić information content (AvgIpc) is 2.82. The van der Waals surface area contributed by atoms with Crippen molar-refractivity contribution in [1.82, 2.24) is 10.2 Å². The van der Waals surface area contributed by atoms with Crippen LogP contribution in [-0.2, 0) is 13.1 Å². The predicted molar refractivity (Wildman–Crippen MR) is 76.5 cm³/mol. The van der Waals surface area contributed by atoms with Gasteiger partial charge in [0.2, 0.25) is 0 Å². The molecular weight excluding hydrogens is 224 g/mol. The van der Waals surface area contributed by atoms with Crippen LogP contribution in [0.25, 0.3) is 0 Å². The molecule has 18 heavy (non-hydrogen) atoms. The van der Waals surface area contributed by atoms with Gasteiger partial charge in [-0.15, -0.1) is 0 Å². The molecule has 0 spiro atoms. The van der Waals surface area contributed by atoms with E-state index in [1.54, 1.807) is 0 Å². The van der Waals surface area contributed by atoms with Crippen molar-refractivity contribution in [2.75, 3.05) is 19.6 Å². The first-order chi connectivity index (χ1) is 8.69. The molecule has 0 amide bonds. The second kappa shape index (κ2) is 8.33. The molecule has 1 N–H and O–H groups in total. The molecule has 0 aliphatic rings. The first-order valence-electron chi connectivity index (χ1n) is 7.20. The zero-order valence-corrected chi connectivity index (χ0v) is 12.3. The predicted octanol–water partition coefficient (Wildman–Crippen LogP) is 3.26. The Morgan fingerprint density at radius 2 is 1.94 bits per heavy atom. The molecule has 104 valence electrons. The number of furan rings is 1. The van der Waals surface area contributed by atoms with Crippen molar-refractivity contribution in [3.63, 3.8) is 0 Å². The molecule has 0 saturated heterocycles. The average molecular weight is 252 g/mol. The van der Waals surface area contributed by atoms with Gasteiger partial charge in [-0.25, -0.2) is 0 Å². The Balaban J connectivity index is 2.46. The molecule has 1 atom stereocenters. The first kappa shape index (κ1) is 15.3. The van der Waals surface area contributed by atoms with E-state index in [2.05, 4.69) is 50.0 Å². The fourth-order valence-electron chi connectivity index (χ4n) is 1.95. The summed E-state index contributed by atoms with van der Waals surface area (Å²) in [5.41, 5.74) is 0. The van der Waals surface area contributed by atoms with Gasteiger partial charge in [-0.3, -0.25) is 4.90 Å². The SMILES string of the molecule is CCNCc1ccc(CN(CC)CC(C)CC)o1. The first-order valence-corrected chi connectivity index (χ1v) is 7.20. The Labute approximate surface area is 112 Å². The van der Waals surface area contributed by atoms with Crippen LogP contribution >= 0.6 is 0 Å². The van der Waals surface area contributed by atoms with Crippen molar-refractivity contribution in [1.29, 1.82) is 0 Å². The molecular formula is C15H28N2O. The molecule has 0 bridgehead atoms. The van der Waals surface area contributed by atoms with Gasteiger partial charge in [0.05, 0.1) is 13.1 Å². The Morgan fingerprint density at radius 3 is 2.56 bits per heavy atom. The summed E-state index contributed by atoms with van der Waals surface area (Å²) < 4.78 is 5.83. The highest BCUT2D eigenvalue weighted by Crippen LogP contribution is 2.12. The largest absolute Gasteiger partial charge is 0.463 e. The van der Waals surface area contributed by atoms with Crippen LogP contribution in [0.15, 0.2) is 16.5 Å². The van der Waals surface area contributed by atoms with Crippen LogP contribution in [0.1, 0.15) is 45.6 Å². The molecule has 0 saturated carbocycles. The molecule has 0 aliphatic carbocycles. The highest BCUT2D eigenvalue weighted by atomic mass is 16.3. The highest BCUT2D eigenvalue weighted by molar-refractivity contribution is 5.07. The monoisotopic (exact) mass is 252 g/mol. The summed E-state index contributed by atoms with van der Waals surface area (Å²) in [7, 11) is 0. The summed E-state index contributed by atoms with van der Waals surface area (Å²) in [6, 6.07) is 4.18. The van der Waals surface area contributed by atoms with E-state index in [9.17, 15) is 0 Å². The van der Waals surface area contributed by atoms with Crippen LogP contribution in [0.4, 0.5) is 0 Å². The van der Waals surface area contributed by atoms with E-state index in [1.807, 2.05) is 0 Å². The van der Waals surface area contributed by atoms with Crippen molar-refractivity contribution in [3.05, 3.63) is 23.7 Å². The van der Waals surface area contributed by atoms with Gasteiger partial charge in [0.15, 0.2) is 0 Å². The van der Waals surface area contributed by atoms with Gasteiger partial charge in [-0.2, -0.15) is 0 Å². The maximum Gasteiger partial charge on any atom is 0.118 e. The van der Waals surface area contributed by atoms with Gasteiger partial charge in [0.1, 0.15) is 11.5 Å². The highest BCUT2D eigenvalue weighted by Gasteiger charge is 2.10. The third-order valence-corrected chi connectivity index (χ3v) is 3.36. The summed E-state index contributed by atoms with van der Waals surface area (Å²) in [5.74, 6) is 2.86. The molecule has 3 nitrogen and oxygen atoms in total. The van der Waals surface area contributed by atoms with Crippen LogP contribution in [0, 0.1) is 5.92 Å². The molecule has 1 aromatic heterocycles. The zero-order valence-electron chi connectivity index (χ0n) is 12.3. The molecule has 0 fully saturated rings. The lowest BCUT2D eigenvalue weighted by Crippen LogP contribution is -2.27. The Morgan fingerprint density at radius 1 is 1.22 bits per heavy atom. The third kappa shape index (κ3) is 5.23. The smallest absolute Gasteiger partial charge is 0.118 e. The molecule has 1 heterocycles. The Bertz CT molecular complexity index is 322. The minimum Gasteiger partial charge on any atom is -0.463 e. The van der Waals surface area contributed by atoms with Gasteiger partial charge >= 0.3 is 0 Å². The van der Waals surface area contributed by atoms with E-state index < -0.39 is 0 Å². The summed E-state index contributed by atoms with van der Waals surface area (Å²) >= 11 is 0. The second-order valence-corrected chi connectivity index (χ2v) is 4.99. The minimum absolute atomic E-state index is 0.751. The van der Waals surface area contributed by atoms with E-state index >= 15 is 0 Å². The fraction of sp³-hybridized carbons (Fsp3) is 0.733. The third-order valence-electron chi connectivity index (χ3n) is 3.36. The van der Waals surface area contributed by atoms with Crippen LogP contribution in [0.3, 0.4) is 0 Å².